The highest BCUT2D eigenvalue weighted by Crippen LogP contribution is 2.41. The van der Waals surface area contributed by atoms with Gasteiger partial charge in [0.05, 0.1) is 0 Å². The summed E-state index contributed by atoms with van der Waals surface area (Å²) in [5, 5.41) is 0. The van der Waals surface area contributed by atoms with Crippen LogP contribution in [0.1, 0.15) is 66.7 Å². The number of Topliss-reactive ketones (excluding diaryl/α,β-unsaturated/α-hetero) is 1. The number of carbonyl (C=O) groups excluding carboxylic acids is 1. The molecular formula is C16H28O. The van der Waals surface area contributed by atoms with Crippen LogP contribution in [0.4, 0.5) is 0 Å². The Morgan fingerprint density at radius 3 is 2.71 bits per heavy atom. The molecule has 0 spiro atoms. The third-order valence-electron chi connectivity index (χ3n) is 4.92. The lowest BCUT2D eigenvalue weighted by Crippen LogP contribution is -2.34. The topological polar surface area (TPSA) is 17.1 Å². The molecule has 0 bridgehead atoms. The van der Waals surface area contributed by atoms with Crippen LogP contribution in [0.2, 0.25) is 0 Å². The van der Waals surface area contributed by atoms with Gasteiger partial charge in [-0.05, 0) is 44.4 Å². The van der Waals surface area contributed by atoms with E-state index in [9.17, 15) is 4.79 Å². The Morgan fingerprint density at radius 1 is 1.59 bits per heavy atom. The van der Waals surface area contributed by atoms with Crippen molar-refractivity contribution < 1.29 is 4.79 Å². The minimum atomic E-state index is -0.111. The van der Waals surface area contributed by atoms with Gasteiger partial charge < -0.3 is 0 Å². The molecule has 1 nitrogen and oxygen atoms in total. The third-order valence-corrected chi connectivity index (χ3v) is 4.92. The smallest absolute Gasteiger partial charge is 0.136 e. The molecular weight excluding hydrogens is 208 g/mol. The highest BCUT2D eigenvalue weighted by atomic mass is 16.1. The summed E-state index contributed by atoms with van der Waals surface area (Å²) in [6.45, 7) is 10.7. The van der Waals surface area contributed by atoms with E-state index in [-0.39, 0.29) is 5.41 Å². The molecule has 0 heterocycles. The Morgan fingerprint density at radius 2 is 2.24 bits per heavy atom. The summed E-state index contributed by atoms with van der Waals surface area (Å²) in [7, 11) is 0. The van der Waals surface area contributed by atoms with E-state index < -0.39 is 0 Å². The molecule has 17 heavy (non-hydrogen) atoms. The van der Waals surface area contributed by atoms with Crippen LogP contribution in [0.5, 0.6) is 0 Å². The number of rotatable bonds is 5. The molecule has 0 fully saturated rings. The monoisotopic (exact) mass is 236 g/mol. The maximum atomic E-state index is 11.7. The van der Waals surface area contributed by atoms with Crippen molar-refractivity contribution in [3.63, 3.8) is 0 Å². The van der Waals surface area contributed by atoms with Gasteiger partial charge in [0, 0.05) is 5.41 Å². The van der Waals surface area contributed by atoms with Crippen molar-refractivity contribution in [3.05, 3.63) is 11.6 Å². The molecule has 98 valence electrons. The van der Waals surface area contributed by atoms with Crippen molar-refractivity contribution in [1.29, 1.82) is 0 Å². The van der Waals surface area contributed by atoms with Crippen LogP contribution < -0.4 is 0 Å². The molecule has 0 radical (unpaired) electrons. The number of carbonyl (C=O) groups is 1. The lowest BCUT2D eigenvalue weighted by molar-refractivity contribution is -0.128. The first-order valence-electron chi connectivity index (χ1n) is 7.10. The number of hydrogen-bond donors (Lipinski definition) is 0. The van der Waals surface area contributed by atoms with Crippen molar-refractivity contribution in [1.82, 2.24) is 0 Å². The minimum Gasteiger partial charge on any atom is -0.299 e. The van der Waals surface area contributed by atoms with Gasteiger partial charge in [-0.25, -0.2) is 0 Å². The molecule has 0 saturated carbocycles. The lowest BCUT2D eigenvalue weighted by atomic mass is 9.67. The predicted molar refractivity (Wildman–Crippen MR) is 74.0 cm³/mol. The first-order chi connectivity index (χ1) is 7.90. The van der Waals surface area contributed by atoms with Crippen LogP contribution in [0.3, 0.4) is 0 Å². The molecule has 0 aromatic carbocycles. The summed E-state index contributed by atoms with van der Waals surface area (Å²) in [4.78, 5) is 11.7. The molecule has 1 aliphatic carbocycles. The summed E-state index contributed by atoms with van der Waals surface area (Å²) in [5.41, 5.74) is 1.47. The first kappa shape index (κ1) is 14.5. The average molecular weight is 236 g/mol. The summed E-state index contributed by atoms with van der Waals surface area (Å²) in [6, 6.07) is 0. The largest absolute Gasteiger partial charge is 0.299 e. The SMILES string of the molecule is CCC(C)CCC1=C[C@@H](C)[C@](C)(C(C)=O)CC1. The van der Waals surface area contributed by atoms with Crippen LogP contribution in [-0.2, 0) is 4.79 Å². The molecule has 0 aromatic rings. The van der Waals surface area contributed by atoms with E-state index in [1.54, 1.807) is 12.5 Å². The van der Waals surface area contributed by atoms with E-state index >= 15 is 0 Å². The van der Waals surface area contributed by atoms with Gasteiger partial charge in [0.2, 0.25) is 0 Å². The zero-order valence-electron chi connectivity index (χ0n) is 12.2. The summed E-state index contributed by atoms with van der Waals surface area (Å²) in [6.07, 6.45) is 8.33. The first-order valence-corrected chi connectivity index (χ1v) is 7.10. The van der Waals surface area contributed by atoms with E-state index in [2.05, 4.69) is 33.8 Å². The molecule has 1 aliphatic rings. The maximum absolute atomic E-state index is 11.7. The van der Waals surface area contributed by atoms with E-state index in [4.69, 9.17) is 0 Å². The highest BCUT2D eigenvalue weighted by Gasteiger charge is 2.37. The minimum absolute atomic E-state index is 0.111. The number of allylic oxidation sites excluding steroid dienone is 2. The Balaban J connectivity index is 2.60. The average Bonchev–Trinajstić information content (AvgIpc) is 2.30. The summed E-state index contributed by atoms with van der Waals surface area (Å²) in [5.74, 6) is 1.58. The Bertz CT molecular complexity index is 303. The predicted octanol–water partition coefficient (Wildman–Crippen LogP) is 4.76. The van der Waals surface area contributed by atoms with E-state index in [1.165, 1.54) is 19.3 Å². The van der Waals surface area contributed by atoms with Gasteiger partial charge >= 0.3 is 0 Å². The second-order valence-electron chi connectivity index (χ2n) is 6.14. The molecule has 0 N–H and O–H groups in total. The van der Waals surface area contributed by atoms with Crippen molar-refractivity contribution in [2.24, 2.45) is 17.3 Å². The zero-order chi connectivity index (χ0) is 13.1. The quantitative estimate of drug-likeness (QED) is 0.629. The summed E-state index contributed by atoms with van der Waals surface area (Å²) < 4.78 is 0. The van der Waals surface area contributed by atoms with Gasteiger partial charge in [0.15, 0.2) is 0 Å². The molecule has 3 atom stereocenters. The molecule has 0 aliphatic heterocycles. The Kier molecular flexibility index (Phi) is 4.97. The van der Waals surface area contributed by atoms with Gasteiger partial charge in [0.1, 0.15) is 5.78 Å². The van der Waals surface area contributed by atoms with Crippen LogP contribution in [0, 0.1) is 17.3 Å². The number of hydrogen-bond acceptors (Lipinski definition) is 1. The molecule has 0 amide bonds. The van der Waals surface area contributed by atoms with E-state index in [0.29, 0.717) is 11.7 Å². The fourth-order valence-electron chi connectivity index (χ4n) is 2.61. The van der Waals surface area contributed by atoms with Crippen molar-refractivity contribution in [2.75, 3.05) is 0 Å². The van der Waals surface area contributed by atoms with Gasteiger partial charge in [-0.3, -0.25) is 4.79 Å². The van der Waals surface area contributed by atoms with Crippen LogP contribution in [0.15, 0.2) is 11.6 Å². The van der Waals surface area contributed by atoms with E-state index in [1.807, 2.05) is 0 Å². The fraction of sp³-hybridized carbons (Fsp3) is 0.812. The Hall–Kier alpha value is -0.590. The fourth-order valence-corrected chi connectivity index (χ4v) is 2.61. The van der Waals surface area contributed by atoms with Crippen LogP contribution in [-0.4, -0.2) is 5.78 Å². The van der Waals surface area contributed by atoms with Gasteiger partial charge in [-0.1, -0.05) is 45.8 Å². The maximum Gasteiger partial charge on any atom is 0.136 e. The van der Waals surface area contributed by atoms with Crippen molar-refractivity contribution >= 4 is 5.78 Å². The number of ketones is 1. The normalized spacial score (nSPS) is 30.9. The second-order valence-corrected chi connectivity index (χ2v) is 6.14. The molecule has 1 unspecified atom stereocenters. The second kappa shape index (κ2) is 5.84. The molecule has 1 heteroatoms. The summed E-state index contributed by atoms with van der Waals surface area (Å²) >= 11 is 0. The van der Waals surface area contributed by atoms with Gasteiger partial charge in [-0.15, -0.1) is 0 Å². The molecule has 0 saturated heterocycles. The van der Waals surface area contributed by atoms with Gasteiger partial charge in [0.25, 0.3) is 0 Å². The van der Waals surface area contributed by atoms with E-state index in [0.717, 1.165) is 18.8 Å². The Labute approximate surface area is 107 Å². The zero-order valence-corrected chi connectivity index (χ0v) is 12.2. The third kappa shape index (κ3) is 3.43. The highest BCUT2D eigenvalue weighted by molar-refractivity contribution is 5.82. The standard InChI is InChI=1S/C16H28O/c1-6-12(2)7-8-15-9-10-16(5,14(4)17)13(3)11-15/h11-13H,6-10H2,1-5H3/t12?,13-,16-/m1/s1. The lowest BCUT2D eigenvalue weighted by Gasteiger charge is -2.36. The van der Waals surface area contributed by atoms with Gasteiger partial charge in [-0.2, -0.15) is 0 Å². The molecule has 0 aromatic heterocycles. The molecule has 1 rings (SSSR count). The van der Waals surface area contributed by atoms with Crippen molar-refractivity contribution in [3.8, 4) is 0 Å². The van der Waals surface area contributed by atoms with Crippen LogP contribution in [0.25, 0.3) is 0 Å². The van der Waals surface area contributed by atoms with Crippen molar-refractivity contribution in [2.45, 2.75) is 66.7 Å². The van der Waals surface area contributed by atoms with Crippen LogP contribution >= 0.6 is 0 Å².